The highest BCUT2D eigenvalue weighted by molar-refractivity contribution is 6.31. The standard InChI is InChI=1S/C12H18ClN/c1-3-10(9-14-2)8-11-6-4-5-7-12(11)13/h4-7,10,14H,3,8-9H2,1-2H3. The lowest BCUT2D eigenvalue weighted by atomic mass is 9.97. The Bertz CT molecular complexity index is 273. The Kier molecular flexibility index (Phi) is 4.99. The molecule has 1 rings (SSSR count). The van der Waals surface area contributed by atoms with E-state index in [2.05, 4.69) is 18.3 Å². The zero-order valence-electron chi connectivity index (χ0n) is 8.89. The second-order valence-electron chi connectivity index (χ2n) is 3.63. The van der Waals surface area contributed by atoms with Crippen molar-refractivity contribution in [2.75, 3.05) is 13.6 Å². The molecule has 1 nitrogen and oxygen atoms in total. The van der Waals surface area contributed by atoms with Crippen LogP contribution in [0.3, 0.4) is 0 Å². The molecule has 0 aliphatic carbocycles. The third-order valence-electron chi connectivity index (χ3n) is 2.54. The molecule has 1 unspecified atom stereocenters. The van der Waals surface area contributed by atoms with Gasteiger partial charge in [-0.05, 0) is 37.6 Å². The molecule has 0 fully saturated rings. The van der Waals surface area contributed by atoms with Gasteiger partial charge < -0.3 is 5.32 Å². The molecular formula is C12H18ClN. The van der Waals surface area contributed by atoms with Crippen LogP contribution in [0.2, 0.25) is 5.02 Å². The quantitative estimate of drug-likeness (QED) is 0.789. The normalized spacial score (nSPS) is 12.8. The lowest BCUT2D eigenvalue weighted by molar-refractivity contribution is 0.481. The number of halogens is 1. The number of benzene rings is 1. The molecule has 0 saturated heterocycles. The van der Waals surface area contributed by atoms with Crippen molar-refractivity contribution in [2.45, 2.75) is 19.8 Å². The van der Waals surface area contributed by atoms with E-state index < -0.39 is 0 Å². The van der Waals surface area contributed by atoms with Crippen molar-refractivity contribution in [3.8, 4) is 0 Å². The molecule has 0 radical (unpaired) electrons. The summed E-state index contributed by atoms with van der Waals surface area (Å²) in [5.41, 5.74) is 1.26. The predicted molar refractivity (Wildman–Crippen MR) is 62.9 cm³/mol. The maximum Gasteiger partial charge on any atom is 0.0438 e. The zero-order valence-corrected chi connectivity index (χ0v) is 9.64. The summed E-state index contributed by atoms with van der Waals surface area (Å²) in [5.74, 6) is 0.680. The number of nitrogens with one attached hydrogen (secondary N) is 1. The van der Waals surface area contributed by atoms with Crippen molar-refractivity contribution < 1.29 is 0 Å². The first-order valence-corrected chi connectivity index (χ1v) is 5.53. The van der Waals surface area contributed by atoms with Gasteiger partial charge in [-0.25, -0.2) is 0 Å². The van der Waals surface area contributed by atoms with Gasteiger partial charge in [-0.15, -0.1) is 0 Å². The summed E-state index contributed by atoms with van der Waals surface area (Å²) in [4.78, 5) is 0. The average Bonchev–Trinajstić information content (AvgIpc) is 2.20. The second-order valence-corrected chi connectivity index (χ2v) is 4.03. The van der Waals surface area contributed by atoms with Crippen LogP contribution < -0.4 is 5.32 Å². The first-order valence-electron chi connectivity index (χ1n) is 5.16. The number of rotatable bonds is 5. The van der Waals surface area contributed by atoms with Crippen LogP contribution in [0.4, 0.5) is 0 Å². The topological polar surface area (TPSA) is 12.0 Å². The van der Waals surface area contributed by atoms with Crippen LogP contribution >= 0.6 is 11.6 Å². The molecule has 0 spiro atoms. The van der Waals surface area contributed by atoms with Crippen molar-refractivity contribution in [3.63, 3.8) is 0 Å². The van der Waals surface area contributed by atoms with Crippen LogP contribution in [0.5, 0.6) is 0 Å². The van der Waals surface area contributed by atoms with Crippen molar-refractivity contribution in [3.05, 3.63) is 34.9 Å². The van der Waals surface area contributed by atoms with Crippen LogP contribution in [0.25, 0.3) is 0 Å². The van der Waals surface area contributed by atoms with Crippen molar-refractivity contribution in [2.24, 2.45) is 5.92 Å². The summed E-state index contributed by atoms with van der Waals surface area (Å²) in [5, 5.41) is 4.11. The summed E-state index contributed by atoms with van der Waals surface area (Å²) in [6.45, 7) is 3.28. The maximum absolute atomic E-state index is 6.11. The largest absolute Gasteiger partial charge is 0.319 e. The summed E-state index contributed by atoms with van der Waals surface area (Å²) < 4.78 is 0. The molecule has 1 N–H and O–H groups in total. The van der Waals surface area contributed by atoms with E-state index in [-0.39, 0.29) is 0 Å². The minimum absolute atomic E-state index is 0.680. The SMILES string of the molecule is CCC(CNC)Cc1ccccc1Cl. The van der Waals surface area contributed by atoms with Gasteiger partial charge in [-0.1, -0.05) is 43.1 Å². The Balaban J connectivity index is 2.62. The van der Waals surface area contributed by atoms with E-state index in [1.807, 2.05) is 25.2 Å². The van der Waals surface area contributed by atoms with Gasteiger partial charge in [0.05, 0.1) is 0 Å². The van der Waals surface area contributed by atoms with Crippen molar-refractivity contribution in [1.29, 1.82) is 0 Å². The van der Waals surface area contributed by atoms with Crippen LogP contribution in [-0.4, -0.2) is 13.6 Å². The highest BCUT2D eigenvalue weighted by Gasteiger charge is 2.08. The number of hydrogen-bond donors (Lipinski definition) is 1. The first kappa shape index (κ1) is 11.5. The fourth-order valence-electron chi connectivity index (χ4n) is 1.62. The Morgan fingerprint density at radius 1 is 1.36 bits per heavy atom. The Morgan fingerprint density at radius 3 is 2.64 bits per heavy atom. The van der Waals surface area contributed by atoms with Gasteiger partial charge in [-0.3, -0.25) is 0 Å². The van der Waals surface area contributed by atoms with Gasteiger partial charge in [0.15, 0.2) is 0 Å². The molecule has 14 heavy (non-hydrogen) atoms. The molecule has 1 atom stereocenters. The van der Waals surface area contributed by atoms with Crippen LogP contribution in [0, 0.1) is 5.92 Å². The summed E-state index contributed by atoms with van der Waals surface area (Å²) in [6, 6.07) is 8.10. The average molecular weight is 212 g/mol. The Labute approximate surface area is 91.5 Å². The van der Waals surface area contributed by atoms with Gasteiger partial charge in [0, 0.05) is 5.02 Å². The molecule has 0 heterocycles. The molecule has 1 aromatic rings. The molecule has 78 valence electrons. The summed E-state index contributed by atoms with van der Waals surface area (Å²) in [7, 11) is 2.00. The van der Waals surface area contributed by atoms with Gasteiger partial charge >= 0.3 is 0 Å². The first-order chi connectivity index (χ1) is 6.77. The lowest BCUT2D eigenvalue weighted by Gasteiger charge is -2.14. The molecule has 0 aliphatic heterocycles. The number of hydrogen-bond acceptors (Lipinski definition) is 1. The van der Waals surface area contributed by atoms with E-state index in [4.69, 9.17) is 11.6 Å². The second kappa shape index (κ2) is 6.05. The van der Waals surface area contributed by atoms with E-state index >= 15 is 0 Å². The van der Waals surface area contributed by atoms with Crippen LogP contribution in [0.1, 0.15) is 18.9 Å². The highest BCUT2D eigenvalue weighted by atomic mass is 35.5. The third-order valence-corrected chi connectivity index (χ3v) is 2.91. The molecule has 1 aromatic carbocycles. The molecule has 0 amide bonds. The predicted octanol–water partition coefficient (Wildman–Crippen LogP) is 3.13. The lowest BCUT2D eigenvalue weighted by Crippen LogP contribution is -2.20. The van der Waals surface area contributed by atoms with E-state index in [1.165, 1.54) is 12.0 Å². The van der Waals surface area contributed by atoms with E-state index in [0.717, 1.165) is 18.0 Å². The molecule has 2 heteroatoms. The molecular weight excluding hydrogens is 194 g/mol. The molecule has 0 aromatic heterocycles. The fraction of sp³-hybridized carbons (Fsp3) is 0.500. The minimum Gasteiger partial charge on any atom is -0.319 e. The zero-order chi connectivity index (χ0) is 10.4. The van der Waals surface area contributed by atoms with Crippen molar-refractivity contribution >= 4 is 11.6 Å². The van der Waals surface area contributed by atoms with Gasteiger partial charge in [0.1, 0.15) is 0 Å². The molecule has 0 saturated carbocycles. The van der Waals surface area contributed by atoms with Crippen LogP contribution in [0.15, 0.2) is 24.3 Å². The molecule has 0 bridgehead atoms. The molecule has 0 aliphatic rings. The Morgan fingerprint density at radius 2 is 2.07 bits per heavy atom. The summed E-state index contributed by atoms with van der Waals surface area (Å²) in [6.07, 6.45) is 2.25. The third kappa shape index (κ3) is 3.32. The highest BCUT2D eigenvalue weighted by Crippen LogP contribution is 2.19. The Hall–Kier alpha value is -0.530. The van der Waals surface area contributed by atoms with E-state index in [0.29, 0.717) is 5.92 Å². The summed E-state index contributed by atoms with van der Waals surface area (Å²) >= 11 is 6.11. The fourth-order valence-corrected chi connectivity index (χ4v) is 1.84. The van der Waals surface area contributed by atoms with Crippen LogP contribution in [-0.2, 0) is 6.42 Å². The van der Waals surface area contributed by atoms with E-state index in [9.17, 15) is 0 Å². The van der Waals surface area contributed by atoms with Gasteiger partial charge in [0.2, 0.25) is 0 Å². The monoisotopic (exact) mass is 211 g/mol. The van der Waals surface area contributed by atoms with Gasteiger partial charge in [-0.2, -0.15) is 0 Å². The van der Waals surface area contributed by atoms with E-state index in [1.54, 1.807) is 0 Å². The maximum atomic E-state index is 6.11. The van der Waals surface area contributed by atoms with Gasteiger partial charge in [0.25, 0.3) is 0 Å². The smallest absolute Gasteiger partial charge is 0.0438 e. The minimum atomic E-state index is 0.680. The van der Waals surface area contributed by atoms with Crippen molar-refractivity contribution in [1.82, 2.24) is 5.32 Å².